The Balaban J connectivity index is 2.35. The van der Waals surface area contributed by atoms with Gasteiger partial charge in [0, 0.05) is 0 Å². The average molecular weight is 304 g/mol. The van der Waals surface area contributed by atoms with E-state index in [-0.39, 0.29) is 4.08 Å². The van der Waals surface area contributed by atoms with Gasteiger partial charge >= 0.3 is 5.97 Å². The summed E-state index contributed by atoms with van der Waals surface area (Å²) in [6.45, 7) is 6.58. The van der Waals surface area contributed by atoms with Crippen LogP contribution >= 0.6 is 11.8 Å². The maximum Gasteiger partial charge on any atom is 0.319 e. The molecule has 5 unspecified atom stereocenters. The molecule has 1 saturated carbocycles. The van der Waals surface area contributed by atoms with Gasteiger partial charge in [0.2, 0.25) is 0 Å². The Labute approximate surface area is 122 Å². The van der Waals surface area contributed by atoms with Crippen molar-refractivity contribution in [1.29, 1.82) is 0 Å². The fourth-order valence-electron chi connectivity index (χ4n) is 3.62. The van der Waals surface area contributed by atoms with Gasteiger partial charge < -0.3 is 5.11 Å². The number of carbonyl (C=O) groups is 1. The minimum atomic E-state index is -1.26. The average Bonchev–Trinajstić information content (AvgIpc) is 2.32. The summed E-state index contributed by atoms with van der Waals surface area (Å²) >= 11 is 1.79. The van der Waals surface area contributed by atoms with Gasteiger partial charge in [-0.05, 0) is 42.8 Å². The van der Waals surface area contributed by atoms with Crippen LogP contribution in [0.25, 0.3) is 0 Å². The summed E-state index contributed by atoms with van der Waals surface area (Å²) in [7, 11) is -1.26. The molecule has 2 rings (SSSR count). The maximum atomic E-state index is 12.9. The molecule has 5 atom stereocenters. The lowest BCUT2D eigenvalue weighted by atomic mass is 9.76. The third-order valence-corrected chi connectivity index (χ3v) is 8.92. The third kappa shape index (κ3) is 2.73. The van der Waals surface area contributed by atoms with E-state index in [1.807, 2.05) is 0 Å². The molecule has 0 aromatic rings. The molecule has 1 heterocycles. The number of thioether (sulfide) groups is 1. The summed E-state index contributed by atoms with van der Waals surface area (Å²) in [5, 5.41) is 8.65. The molecule has 3 nitrogen and oxygen atoms in total. The van der Waals surface area contributed by atoms with Gasteiger partial charge in [0.25, 0.3) is 0 Å². The first-order valence-electron chi connectivity index (χ1n) is 7.16. The second kappa shape index (κ2) is 5.76. The lowest BCUT2D eigenvalue weighted by Gasteiger charge is -2.50. The Morgan fingerprint density at radius 1 is 1.37 bits per heavy atom. The minimum Gasteiger partial charge on any atom is -0.480 e. The van der Waals surface area contributed by atoms with E-state index in [1.165, 1.54) is 6.42 Å². The molecule has 1 saturated heterocycles. The number of aliphatic carboxylic acids is 1. The fraction of sp³-hybridized carbons (Fsp3) is 0.929. The highest BCUT2D eigenvalue weighted by atomic mass is 32.2. The molecule has 1 aliphatic heterocycles. The molecular weight excluding hydrogens is 280 g/mol. The SMILES string of the molecule is CC1CCC(C(C)C)C2(C1)SCCC(C(=O)O)S2=O. The van der Waals surface area contributed by atoms with Crippen LogP contribution in [0.2, 0.25) is 0 Å². The standard InChI is InChI=1S/C14H24O3S2/c1-9(2)11-5-4-10(3)8-14(11)18-7-6-12(13(15)16)19(14)17/h9-12H,4-8H2,1-3H3,(H,15,16). The van der Waals surface area contributed by atoms with Crippen molar-refractivity contribution in [3.05, 3.63) is 0 Å². The van der Waals surface area contributed by atoms with Gasteiger partial charge in [-0.2, -0.15) is 0 Å². The minimum absolute atomic E-state index is 0.312. The molecule has 2 aliphatic rings. The molecule has 0 aromatic carbocycles. The smallest absolute Gasteiger partial charge is 0.319 e. The summed E-state index contributed by atoms with van der Waals surface area (Å²) in [6, 6.07) is 0. The maximum absolute atomic E-state index is 12.9. The molecule has 19 heavy (non-hydrogen) atoms. The molecule has 2 fully saturated rings. The molecule has 1 N–H and O–H groups in total. The third-order valence-electron chi connectivity index (χ3n) is 4.57. The number of carboxylic acid groups (broad SMARTS) is 1. The Bertz CT molecular complexity index is 383. The Morgan fingerprint density at radius 2 is 2.05 bits per heavy atom. The van der Waals surface area contributed by atoms with Crippen molar-refractivity contribution in [2.75, 3.05) is 5.75 Å². The largest absolute Gasteiger partial charge is 0.480 e. The number of hydrogen-bond acceptors (Lipinski definition) is 3. The Kier molecular flexibility index (Phi) is 4.66. The van der Waals surface area contributed by atoms with Crippen molar-refractivity contribution in [3.8, 4) is 0 Å². The van der Waals surface area contributed by atoms with Crippen molar-refractivity contribution in [1.82, 2.24) is 0 Å². The molecule has 1 spiro atoms. The molecular formula is C14H24O3S2. The van der Waals surface area contributed by atoms with E-state index in [9.17, 15) is 14.1 Å². The van der Waals surface area contributed by atoms with Gasteiger partial charge in [0.15, 0.2) is 0 Å². The molecule has 5 heteroatoms. The number of rotatable bonds is 2. The van der Waals surface area contributed by atoms with E-state index in [4.69, 9.17) is 0 Å². The summed E-state index contributed by atoms with van der Waals surface area (Å²) in [5.74, 6) is 1.37. The summed E-state index contributed by atoms with van der Waals surface area (Å²) < 4.78 is 12.6. The van der Waals surface area contributed by atoms with Crippen LogP contribution in [-0.4, -0.2) is 30.4 Å². The highest BCUT2D eigenvalue weighted by Crippen LogP contribution is 2.54. The van der Waals surface area contributed by atoms with Crippen molar-refractivity contribution < 1.29 is 14.1 Å². The Morgan fingerprint density at radius 3 is 2.63 bits per heavy atom. The molecule has 0 bridgehead atoms. The van der Waals surface area contributed by atoms with E-state index in [0.29, 0.717) is 24.2 Å². The monoisotopic (exact) mass is 304 g/mol. The number of carboxylic acids is 1. The Hall–Kier alpha value is -0.0300. The predicted molar refractivity (Wildman–Crippen MR) is 80.7 cm³/mol. The highest BCUT2D eigenvalue weighted by Gasteiger charge is 2.54. The van der Waals surface area contributed by atoms with Gasteiger partial charge in [-0.15, -0.1) is 11.8 Å². The van der Waals surface area contributed by atoms with E-state index in [1.54, 1.807) is 11.8 Å². The van der Waals surface area contributed by atoms with Gasteiger partial charge in [-0.3, -0.25) is 9.00 Å². The van der Waals surface area contributed by atoms with E-state index < -0.39 is 22.0 Å². The van der Waals surface area contributed by atoms with Gasteiger partial charge in [0.05, 0.1) is 14.9 Å². The topological polar surface area (TPSA) is 54.4 Å². The predicted octanol–water partition coefficient (Wildman–Crippen LogP) is 3.11. The van der Waals surface area contributed by atoms with Crippen LogP contribution in [0.4, 0.5) is 0 Å². The van der Waals surface area contributed by atoms with Crippen LogP contribution in [0, 0.1) is 17.8 Å². The first-order chi connectivity index (χ1) is 8.88. The zero-order valence-electron chi connectivity index (χ0n) is 11.9. The van der Waals surface area contributed by atoms with Crippen molar-refractivity contribution in [2.45, 2.75) is 55.8 Å². The quantitative estimate of drug-likeness (QED) is 0.851. The van der Waals surface area contributed by atoms with Crippen LogP contribution in [0.3, 0.4) is 0 Å². The summed E-state index contributed by atoms with van der Waals surface area (Å²) in [5.41, 5.74) is 0. The van der Waals surface area contributed by atoms with Crippen molar-refractivity contribution >= 4 is 28.5 Å². The molecule has 0 aromatic heterocycles. The second-order valence-corrected chi connectivity index (χ2v) is 9.89. The van der Waals surface area contributed by atoms with Crippen LogP contribution < -0.4 is 0 Å². The fourth-order valence-corrected chi connectivity index (χ4v) is 8.67. The molecule has 0 radical (unpaired) electrons. The molecule has 1 aliphatic carbocycles. The first-order valence-corrected chi connectivity index (χ1v) is 9.35. The summed E-state index contributed by atoms with van der Waals surface area (Å²) in [4.78, 5) is 11.3. The molecule has 0 amide bonds. The zero-order chi connectivity index (χ0) is 14.2. The lowest BCUT2D eigenvalue weighted by Crippen LogP contribution is -2.53. The van der Waals surface area contributed by atoms with Crippen molar-refractivity contribution in [2.24, 2.45) is 17.8 Å². The summed E-state index contributed by atoms with van der Waals surface area (Å²) in [6.07, 6.45) is 3.73. The zero-order valence-corrected chi connectivity index (χ0v) is 13.6. The van der Waals surface area contributed by atoms with E-state index in [2.05, 4.69) is 20.8 Å². The van der Waals surface area contributed by atoms with Crippen molar-refractivity contribution in [3.63, 3.8) is 0 Å². The van der Waals surface area contributed by atoms with E-state index in [0.717, 1.165) is 18.6 Å². The lowest BCUT2D eigenvalue weighted by molar-refractivity contribution is -0.136. The number of hydrogen-bond donors (Lipinski definition) is 1. The van der Waals surface area contributed by atoms with Gasteiger partial charge in [0.1, 0.15) is 5.25 Å². The second-order valence-electron chi connectivity index (χ2n) is 6.31. The highest BCUT2D eigenvalue weighted by molar-refractivity contribution is 8.13. The van der Waals surface area contributed by atoms with Crippen LogP contribution in [-0.2, 0) is 15.6 Å². The van der Waals surface area contributed by atoms with E-state index >= 15 is 0 Å². The van der Waals surface area contributed by atoms with Crippen LogP contribution in [0.15, 0.2) is 0 Å². The van der Waals surface area contributed by atoms with Gasteiger partial charge in [-0.25, -0.2) is 0 Å². The van der Waals surface area contributed by atoms with Crippen LogP contribution in [0.5, 0.6) is 0 Å². The molecule has 110 valence electrons. The van der Waals surface area contributed by atoms with Gasteiger partial charge in [-0.1, -0.05) is 27.2 Å². The normalized spacial score (nSPS) is 43.6. The van der Waals surface area contributed by atoms with Crippen LogP contribution in [0.1, 0.15) is 46.5 Å². The first kappa shape index (κ1) is 15.4.